The van der Waals surface area contributed by atoms with Crippen molar-refractivity contribution in [3.63, 3.8) is 0 Å². The number of amides is 3. The fourth-order valence-electron chi connectivity index (χ4n) is 4.82. The second-order valence-corrected chi connectivity index (χ2v) is 8.93. The van der Waals surface area contributed by atoms with Gasteiger partial charge in [-0.15, -0.1) is 0 Å². The van der Waals surface area contributed by atoms with Crippen LogP contribution in [0.15, 0.2) is 48.7 Å². The molecule has 2 aliphatic rings. The van der Waals surface area contributed by atoms with Gasteiger partial charge >= 0.3 is 6.03 Å². The van der Waals surface area contributed by atoms with E-state index < -0.39 is 5.54 Å². The van der Waals surface area contributed by atoms with Crippen LogP contribution in [0, 0.1) is 0 Å². The minimum Gasteiger partial charge on any atom is -0.497 e. The maximum Gasteiger partial charge on any atom is 0.327 e. The molecule has 1 aromatic heterocycles. The lowest BCUT2D eigenvalue weighted by atomic mass is 9.85. The van der Waals surface area contributed by atoms with E-state index in [0.29, 0.717) is 25.8 Å². The molecule has 1 spiro atoms. The summed E-state index contributed by atoms with van der Waals surface area (Å²) in [6.07, 6.45) is 3.81. The van der Waals surface area contributed by atoms with Gasteiger partial charge in [0.15, 0.2) is 0 Å². The zero-order chi connectivity index (χ0) is 22.7. The minimum atomic E-state index is -0.742. The summed E-state index contributed by atoms with van der Waals surface area (Å²) in [5.74, 6) is 0.772. The molecule has 0 bridgehead atoms. The molecular weight excluding hydrogens is 404 g/mol. The van der Waals surface area contributed by atoms with E-state index in [1.807, 2.05) is 61.2 Å². The zero-order valence-corrected chi connectivity index (χ0v) is 19.2. The number of nitrogens with zero attached hydrogens (tertiary/aromatic N) is 4. The number of likely N-dealkylation sites (tertiary alicyclic amines) is 1. The highest BCUT2D eigenvalue weighted by Crippen LogP contribution is 2.38. The summed E-state index contributed by atoms with van der Waals surface area (Å²) in [5, 5.41) is 0. The molecule has 1 aromatic carbocycles. The number of aromatic nitrogens is 1. The highest BCUT2D eigenvalue weighted by atomic mass is 16.5. The fourth-order valence-corrected chi connectivity index (χ4v) is 4.82. The van der Waals surface area contributed by atoms with Crippen molar-refractivity contribution in [2.75, 3.05) is 26.7 Å². The highest BCUT2D eigenvalue weighted by Gasteiger charge is 2.58. The molecule has 2 aromatic rings. The van der Waals surface area contributed by atoms with Gasteiger partial charge in [-0.2, -0.15) is 0 Å². The predicted molar refractivity (Wildman–Crippen MR) is 122 cm³/mol. The Bertz CT molecular complexity index is 937. The molecule has 0 aliphatic carbocycles. The van der Waals surface area contributed by atoms with Crippen molar-refractivity contribution in [2.24, 2.45) is 0 Å². The number of hydrogen-bond donors (Lipinski definition) is 0. The van der Waals surface area contributed by atoms with E-state index in [-0.39, 0.29) is 18.0 Å². The molecule has 2 fully saturated rings. The second kappa shape index (κ2) is 9.28. The first-order chi connectivity index (χ1) is 15.4. The molecule has 0 saturated carbocycles. The highest BCUT2D eigenvalue weighted by molar-refractivity contribution is 6.07. The Morgan fingerprint density at radius 3 is 2.38 bits per heavy atom. The van der Waals surface area contributed by atoms with Crippen LogP contribution in [0.4, 0.5) is 4.79 Å². The van der Waals surface area contributed by atoms with E-state index in [0.717, 1.165) is 36.6 Å². The molecule has 170 valence electrons. The van der Waals surface area contributed by atoms with Crippen molar-refractivity contribution in [1.29, 1.82) is 0 Å². The van der Waals surface area contributed by atoms with Crippen LogP contribution in [-0.2, 0) is 17.8 Å². The summed E-state index contributed by atoms with van der Waals surface area (Å²) in [5.41, 5.74) is 1.41. The van der Waals surface area contributed by atoms with Gasteiger partial charge in [-0.05, 0) is 62.9 Å². The number of hydrogen-bond acceptors (Lipinski definition) is 5. The minimum absolute atomic E-state index is 0.0373. The summed E-state index contributed by atoms with van der Waals surface area (Å²) < 4.78 is 5.24. The third-order valence-corrected chi connectivity index (χ3v) is 6.67. The van der Waals surface area contributed by atoms with Gasteiger partial charge in [0.1, 0.15) is 11.3 Å². The standard InChI is InChI=1S/C25H32N4O3/c1-19(2)29-23(30)25(12-16-27(17-13-25)18-21-6-4-5-14-26-21)28(24(29)31)15-11-20-7-9-22(32-3)10-8-20/h4-10,14,19H,11-13,15-18H2,1-3H3. The van der Waals surface area contributed by atoms with Crippen LogP contribution < -0.4 is 4.74 Å². The van der Waals surface area contributed by atoms with Gasteiger partial charge in [-0.25, -0.2) is 4.79 Å². The van der Waals surface area contributed by atoms with E-state index in [9.17, 15) is 9.59 Å². The molecule has 0 N–H and O–H groups in total. The number of rotatable bonds is 7. The Hall–Kier alpha value is -2.93. The van der Waals surface area contributed by atoms with E-state index in [1.54, 1.807) is 13.3 Å². The molecule has 2 aliphatic heterocycles. The molecule has 7 nitrogen and oxygen atoms in total. The van der Waals surface area contributed by atoms with Gasteiger partial charge in [0.2, 0.25) is 0 Å². The van der Waals surface area contributed by atoms with E-state index >= 15 is 0 Å². The number of carbonyl (C=O) groups is 2. The maximum absolute atomic E-state index is 13.5. The first-order valence-electron chi connectivity index (χ1n) is 11.3. The van der Waals surface area contributed by atoms with Crippen LogP contribution in [0.25, 0.3) is 0 Å². The Labute approximate surface area is 190 Å². The topological polar surface area (TPSA) is 66.0 Å². The Morgan fingerprint density at radius 1 is 1.06 bits per heavy atom. The SMILES string of the molecule is COc1ccc(CCN2C(=O)N(C(C)C)C(=O)C23CCN(Cc2ccccn2)CC3)cc1. The smallest absolute Gasteiger partial charge is 0.327 e. The monoisotopic (exact) mass is 436 g/mol. The molecule has 0 radical (unpaired) electrons. The van der Waals surface area contributed by atoms with Gasteiger partial charge < -0.3 is 9.64 Å². The molecule has 7 heteroatoms. The number of imide groups is 1. The van der Waals surface area contributed by atoms with Crippen LogP contribution in [0.5, 0.6) is 5.75 Å². The fraction of sp³-hybridized carbons (Fsp3) is 0.480. The molecule has 4 rings (SSSR count). The van der Waals surface area contributed by atoms with E-state index in [2.05, 4.69) is 9.88 Å². The summed E-state index contributed by atoms with van der Waals surface area (Å²) in [6, 6.07) is 13.5. The van der Waals surface area contributed by atoms with Gasteiger partial charge in [0.25, 0.3) is 5.91 Å². The summed E-state index contributed by atoms with van der Waals surface area (Å²) in [6.45, 7) is 6.64. The number of carbonyl (C=O) groups excluding carboxylic acids is 2. The summed E-state index contributed by atoms with van der Waals surface area (Å²) >= 11 is 0. The number of piperidine rings is 1. The number of benzene rings is 1. The van der Waals surface area contributed by atoms with Crippen LogP contribution >= 0.6 is 0 Å². The number of ether oxygens (including phenoxy) is 1. The van der Waals surface area contributed by atoms with Crippen molar-refractivity contribution in [3.8, 4) is 5.75 Å². The Balaban J connectivity index is 1.49. The quantitative estimate of drug-likeness (QED) is 0.623. The average molecular weight is 437 g/mol. The van der Waals surface area contributed by atoms with Crippen molar-refractivity contribution in [1.82, 2.24) is 19.7 Å². The lowest BCUT2D eigenvalue weighted by molar-refractivity contribution is -0.136. The second-order valence-electron chi connectivity index (χ2n) is 8.93. The molecule has 0 atom stereocenters. The third kappa shape index (κ3) is 4.21. The van der Waals surface area contributed by atoms with Gasteiger partial charge in [-0.3, -0.25) is 19.6 Å². The van der Waals surface area contributed by atoms with Crippen molar-refractivity contribution >= 4 is 11.9 Å². The Kier molecular flexibility index (Phi) is 6.46. The maximum atomic E-state index is 13.5. The van der Waals surface area contributed by atoms with Crippen molar-refractivity contribution in [2.45, 2.75) is 51.2 Å². The largest absolute Gasteiger partial charge is 0.497 e. The zero-order valence-electron chi connectivity index (χ0n) is 19.2. The number of pyridine rings is 1. The third-order valence-electron chi connectivity index (χ3n) is 6.67. The Morgan fingerprint density at radius 2 is 1.78 bits per heavy atom. The van der Waals surface area contributed by atoms with Gasteiger partial charge in [-0.1, -0.05) is 18.2 Å². The van der Waals surface area contributed by atoms with Crippen LogP contribution in [0.3, 0.4) is 0 Å². The average Bonchev–Trinajstić information content (AvgIpc) is 3.00. The van der Waals surface area contributed by atoms with Crippen LogP contribution in [0.1, 0.15) is 37.9 Å². The van der Waals surface area contributed by atoms with Gasteiger partial charge in [0.05, 0.1) is 12.8 Å². The molecule has 2 saturated heterocycles. The molecule has 3 amide bonds. The van der Waals surface area contributed by atoms with Gasteiger partial charge in [0, 0.05) is 38.4 Å². The van der Waals surface area contributed by atoms with E-state index in [1.165, 1.54) is 4.90 Å². The normalized spacial score (nSPS) is 18.8. The summed E-state index contributed by atoms with van der Waals surface area (Å²) in [4.78, 5) is 36.9. The van der Waals surface area contributed by atoms with Crippen molar-refractivity contribution in [3.05, 3.63) is 59.9 Å². The molecular formula is C25H32N4O3. The first-order valence-corrected chi connectivity index (χ1v) is 11.3. The number of urea groups is 1. The van der Waals surface area contributed by atoms with Crippen LogP contribution in [-0.4, -0.2) is 69.9 Å². The molecule has 3 heterocycles. The van der Waals surface area contributed by atoms with E-state index in [4.69, 9.17) is 4.74 Å². The lowest BCUT2D eigenvalue weighted by Gasteiger charge is -2.42. The van der Waals surface area contributed by atoms with Crippen LogP contribution in [0.2, 0.25) is 0 Å². The summed E-state index contributed by atoms with van der Waals surface area (Å²) in [7, 11) is 1.65. The number of methoxy groups -OCH3 is 1. The first kappa shape index (κ1) is 22.3. The predicted octanol–water partition coefficient (Wildman–Crippen LogP) is 3.34. The molecule has 32 heavy (non-hydrogen) atoms. The van der Waals surface area contributed by atoms with Crippen molar-refractivity contribution < 1.29 is 14.3 Å². The molecule has 0 unspecified atom stereocenters. The lowest BCUT2D eigenvalue weighted by Crippen LogP contribution is -2.57.